The lowest BCUT2D eigenvalue weighted by Crippen LogP contribution is -2.57. The van der Waals surface area contributed by atoms with Gasteiger partial charge in [0, 0.05) is 18.1 Å². The number of halogens is 2. The van der Waals surface area contributed by atoms with Crippen LogP contribution in [0.3, 0.4) is 0 Å². The number of nitrogens with one attached hydrogen (secondary N) is 1. The van der Waals surface area contributed by atoms with Gasteiger partial charge in [0.15, 0.2) is 0 Å². The molecule has 0 bridgehead atoms. The van der Waals surface area contributed by atoms with Crippen LogP contribution >= 0.6 is 23.2 Å². The number of benzene rings is 1. The smallest absolute Gasteiger partial charge is 0.307 e. The molecule has 0 unspecified atom stereocenters. The molecule has 126 valence electrons. The SMILES string of the molecule is COC(=O)C[C@H]1C(=O)NCCN1S(=O)(=O)c1cc(Cl)ccc1Cl. The van der Waals surface area contributed by atoms with Crippen molar-refractivity contribution >= 4 is 45.1 Å². The molecule has 10 heteroatoms. The minimum Gasteiger partial charge on any atom is -0.469 e. The molecule has 0 saturated carbocycles. The van der Waals surface area contributed by atoms with E-state index in [9.17, 15) is 18.0 Å². The van der Waals surface area contributed by atoms with Crippen LogP contribution in [-0.4, -0.2) is 50.8 Å². The highest BCUT2D eigenvalue weighted by atomic mass is 35.5. The average Bonchev–Trinajstić information content (AvgIpc) is 2.51. The predicted octanol–water partition coefficient (Wildman–Crippen LogP) is 1.05. The molecule has 1 aliphatic rings. The number of methoxy groups -OCH3 is 1. The van der Waals surface area contributed by atoms with Crippen molar-refractivity contribution in [3.05, 3.63) is 28.2 Å². The number of hydrogen-bond acceptors (Lipinski definition) is 5. The summed E-state index contributed by atoms with van der Waals surface area (Å²) in [6.07, 6.45) is -0.389. The van der Waals surface area contributed by atoms with Crippen LogP contribution in [0.25, 0.3) is 0 Å². The highest BCUT2D eigenvalue weighted by molar-refractivity contribution is 7.89. The van der Waals surface area contributed by atoms with Crippen molar-refractivity contribution in [3.8, 4) is 0 Å². The van der Waals surface area contributed by atoms with Crippen LogP contribution in [0.4, 0.5) is 0 Å². The number of nitrogens with zero attached hydrogens (tertiary/aromatic N) is 1. The Labute approximate surface area is 143 Å². The molecular formula is C13H14Cl2N2O5S. The third-order valence-corrected chi connectivity index (χ3v) is 5.97. The first-order valence-corrected chi connectivity index (χ1v) is 8.78. The van der Waals surface area contributed by atoms with E-state index >= 15 is 0 Å². The summed E-state index contributed by atoms with van der Waals surface area (Å²) < 4.78 is 31.1. The summed E-state index contributed by atoms with van der Waals surface area (Å²) in [6, 6.07) is 2.82. The van der Waals surface area contributed by atoms with Crippen molar-refractivity contribution in [3.63, 3.8) is 0 Å². The molecule has 1 aromatic carbocycles. The van der Waals surface area contributed by atoms with E-state index in [-0.39, 0.29) is 34.5 Å². The molecule has 1 amide bonds. The fourth-order valence-electron chi connectivity index (χ4n) is 2.22. The molecule has 1 fully saturated rings. The third-order valence-electron chi connectivity index (χ3n) is 3.35. The summed E-state index contributed by atoms with van der Waals surface area (Å²) in [4.78, 5) is 23.3. The van der Waals surface area contributed by atoms with E-state index in [0.29, 0.717) is 0 Å². The number of piperazine rings is 1. The van der Waals surface area contributed by atoms with Crippen molar-refractivity contribution < 1.29 is 22.7 Å². The Morgan fingerprint density at radius 1 is 1.43 bits per heavy atom. The molecular weight excluding hydrogens is 367 g/mol. The molecule has 1 saturated heterocycles. The summed E-state index contributed by atoms with van der Waals surface area (Å²) in [7, 11) is -2.94. The Kier molecular flexibility index (Phi) is 5.51. The third kappa shape index (κ3) is 3.77. The van der Waals surface area contributed by atoms with Gasteiger partial charge >= 0.3 is 5.97 Å². The Morgan fingerprint density at radius 3 is 2.78 bits per heavy atom. The largest absolute Gasteiger partial charge is 0.469 e. The van der Waals surface area contributed by atoms with Crippen LogP contribution < -0.4 is 5.32 Å². The van der Waals surface area contributed by atoms with Crippen molar-refractivity contribution in [2.24, 2.45) is 0 Å². The zero-order chi connectivity index (χ0) is 17.2. The van der Waals surface area contributed by atoms with Crippen LogP contribution in [0.1, 0.15) is 6.42 Å². The highest BCUT2D eigenvalue weighted by Gasteiger charge is 2.40. The van der Waals surface area contributed by atoms with Crippen molar-refractivity contribution in [1.29, 1.82) is 0 Å². The average molecular weight is 381 g/mol. The molecule has 1 N–H and O–H groups in total. The van der Waals surface area contributed by atoms with Crippen LogP contribution in [0.5, 0.6) is 0 Å². The lowest BCUT2D eigenvalue weighted by atomic mass is 10.1. The van der Waals surface area contributed by atoms with Gasteiger partial charge in [0.1, 0.15) is 10.9 Å². The van der Waals surface area contributed by atoms with Crippen LogP contribution in [0.2, 0.25) is 10.0 Å². The molecule has 0 spiro atoms. The van der Waals surface area contributed by atoms with Gasteiger partial charge in [-0.05, 0) is 18.2 Å². The molecule has 0 radical (unpaired) electrons. The number of sulfonamides is 1. The van der Waals surface area contributed by atoms with Gasteiger partial charge in [0.05, 0.1) is 18.6 Å². The van der Waals surface area contributed by atoms with Gasteiger partial charge in [-0.25, -0.2) is 8.42 Å². The predicted molar refractivity (Wildman–Crippen MR) is 83.8 cm³/mol. The van der Waals surface area contributed by atoms with E-state index in [1.807, 2.05) is 0 Å². The number of esters is 1. The van der Waals surface area contributed by atoms with Gasteiger partial charge in [-0.1, -0.05) is 23.2 Å². The first-order valence-electron chi connectivity index (χ1n) is 6.59. The Balaban J connectivity index is 2.44. The number of ether oxygens (including phenoxy) is 1. The minimum absolute atomic E-state index is 0.0125. The second kappa shape index (κ2) is 7.04. The molecule has 0 aromatic heterocycles. The zero-order valence-corrected chi connectivity index (χ0v) is 14.4. The first-order chi connectivity index (χ1) is 10.8. The molecule has 23 heavy (non-hydrogen) atoms. The van der Waals surface area contributed by atoms with Crippen molar-refractivity contribution in [2.45, 2.75) is 17.4 Å². The van der Waals surface area contributed by atoms with Gasteiger partial charge in [-0.3, -0.25) is 9.59 Å². The fourth-order valence-corrected chi connectivity index (χ4v) is 4.55. The van der Waals surface area contributed by atoms with Gasteiger partial charge < -0.3 is 10.1 Å². The van der Waals surface area contributed by atoms with E-state index in [4.69, 9.17) is 23.2 Å². The standard InChI is InChI=1S/C13H14Cl2N2O5S/c1-22-12(18)7-10-13(19)16-4-5-17(10)23(20,21)11-6-8(14)2-3-9(11)15/h2-3,6,10H,4-5,7H2,1H3,(H,16,19)/t10-/m0/s1. The van der Waals surface area contributed by atoms with E-state index in [2.05, 4.69) is 10.1 Å². The second-order valence-corrected chi connectivity index (χ2v) is 7.48. The molecule has 1 aliphatic heterocycles. The molecule has 1 aromatic rings. The Bertz CT molecular complexity index is 738. The maximum Gasteiger partial charge on any atom is 0.307 e. The molecule has 1 heterocycles. The maximum atomic E-state index is 12.8. The van der Waals surface area contributed by atoms with Gasteiger partial charge in [0.2, 0.25) is 15.9 Å². The molecule has 0 aliphatic carbocycles. The topological polar surface area (TPSA) is 92.8 Å². The monoisotopic (exact) mass is 380 g/mol. The second-order valence-electron chi connectivity index (χ2n) is 4.78. The van der Waals surface area contributed by atoms with E-state index in [1.54, 1.807) is 0 Å². The van der Waals surface area contributed by atoms with E-state index in [0.717, 1.165) is 11.4 Å². The molecule has 7 nitrogen and oxygen atoms in total. The number of hydrogen-bond donors (Lipinski definition) is 1. The summed E-state index contributed by atoms with van der Waals surface area (Å²) in [6.45, 7) is 0.145. The van der Waals surface area contributed by atoms with Crippen LogP contribution in [-0.2, 0) is 24.3 Å². The Morgan fingerprint density at radius 2 is 2.13 bits per heavy atom. The first kappa shape index (κ1) is 18.0. The van der Waals surface area contributed by atoms with E-state index < -0.39 is 27.9 Å². The zero-order valence-electron chi connectivity index (χ0n) is 12.1. The summed E-state index contributed by atoms with van der Waals surface area (Å²) >= 11 is 11.8. The quantitative estimate of drug-likeness (QED) is 0.787. The lowest BCUT2D eigenvalue weighted by molar-refractivity contribution is -0.144. The highest BCUT2D eigenvalue weighted by Crippen LogP contribution is 2.29. The van der Waals surface area contributed by atoms with Gasteiger partial charge in [0.25, 0.3) is 0 Å². The fraction of sp³-hybridized carbons (Fsp3) is 0.385. The van der Waals surface area contributed by atoms with E-state index in [1.165, 1.54) is 18.2 Å². The number of carbonyl (C=O) groups excluding carboxylic acids is 2. The number of carbonyl (C=O) groups is 2. The van der Waals surface area contributed by atoms with Gasteiger partial charge in [-0.2, -0.15) is 4.31 Å². The summed E-state index contributed by atoms with van der Waals surface area (Å²) in [5.41, 5.74) is 0. The summed E-state index contributed by atoms with van der Waals surface area (Å²) in [5.74, 6) is -1.26. The normalized spacial score (nSPS) is 19.3. The van der Waals surface area contributed by atoms with Crippen molar-refractivity contribution in [2.75, 3.05) is 20.2 Å². The Hall–Kier alpha value is -1.35. The number of rotatable bonds is 4. The molecule has 2 rings (SSSR count). The van der Waals surface area contributed by atoms with Crippen LogP contribution in [0, 0.1) is 0 Å². The van der Waals surface area contributed by atoms with Crippen molar-refractivity contribution in [1.82, 2.24) is 9.62 Å². The van der Waals surface area contributed by atoms with Gasteiger partial charge in [-0.15, -0.1) is 0 Å². The summed E-state index contributed by atoms with van der Waals surface area (Å²) in [5, 5.41) is 2.71. The van der Waals surface area contributed by atoms with Crippen LogP contribution in [0.15, 0.2) is 23.1 Å². The number of amides is 1. The lowest BCUT2D eigenvalue weighted by Gasteiger charge is -2.33. The minimum atomic E-state index is -4.10. The molecule has 1 atom stereocenters. The maximum absolute atomic E-state index is 12.8.